The van der Waals surface area contributed by atoms with Crippen LogP contribution >= 0.6 is 39.5 Å². The molecule has 0 saturated carbocycles. The van der Waals surface area contributed by atoms with Crippen LogP contribution in [0.4, 0.5) is 8.78 Å². The third-order valence-corrected chi connectivity index (χ3v) is 15.8. The molecule has 0 amide bonds. The number of carbonyl (C=O) groups is 5. The van der Waals surface area contributed by atoms with E-state index >= 15 is 4.39 Å². The Hall–Kier alpha value is -6.81. The highest BCUT2D eigenvalue weighted by Gasteiger charge is 2.50. The average molecular weight is 1060 g/mol. The monoisotopic (exact) mass is 1060 g/mol. The second kappa shape index (κ2) is 22.1. The van der Waals surface area contributed by atoms with Gasteiger partial charge >= 0.3 is 29.8 Å². The molecule has 2 fully saturated rings. The molecule has 10 rings (SSSR count). The number of thioether (sulfide) groups is 2. The highest BCUT2D eigenvalue weighted by molar-refractivity contribution is 9.11. The van der Waals surface area contributed by atoms with Gasteiger partial charge in [-0.25, -0.2) is 28.0 Å². The Morgan fingerprint density at radius 3 is 1.13 bits per heavy atom. The van der Waals surface area contributed by atoms with E-state index in [1.165, 1.54) is 18.7 Å². The molecule has 2 aliphatic heterocycles. The van der Waals surface area contributed by atoms with Crippen molar-refractivity contribution in [3.63, 3.8) is 0 Å². The van der Waals surface area contributed by atoms with Crippen LogP contribution < -0.4 is 0 Å². The average Bonchev–Trinajstić information content (AvgIpc) is 3.83. The summed E-state index contributed by atoms with van der Waals surface area (Å²) >= 11 is 5.51. The van der Waals surface area contributed by atoms with Crippen LogP contribution in [0.3, 0.4) is 0 Å². The summed E-state index contributed by atoms with van der Waals surface area (Å²) in [5.74, 6) is -3.06. The lowest BCUT2D eigenvalue weighted by atomic mass is 10.1. The van der Waals surface area contributed by atoms with Crippen molar-refractivity contribution >= 4 is 112 Å². The number of alkyl halides is 3. The van der Waals surface area contributed by atoms with E-state index in [9.17, 15) is 28.4 Å². The van der Waals surface area contributed by atoms with Crippen molar-refractivity contribution in [2.75, 3.05) is 13.2 Å². The largest absolute Gasteiger partial charge is 0.461 e. The second-order valence-electron chi connectivity index (χ2n) is 16.8. The molecule has 360 valence electrons. The number of esters is 5. The van der Waals surface area contributed by atoms with Gasteiger partial charge in [0.1, 0.15) is 13.2 Å². The third-order valence-electron chi connectivity index (χ3n) is 12.0. The van der Waals surface area contributed by atoms with E-state index in [4.69, 9.17) is 23.7 Å². The van der Waals surface area contributed by atoms with Gasteiger partial charge in [0, 0.05) is 6.92 Å². The van der Waals surface area contributed by atoms with Crippen molar-refractivity contribution in [3.05, 3.63) is 192 Å². The van der Waals surface area contributed by atoms with Crippen LogP contribution in [0.5, 0.6) is 0 Å². The maximum absolute atomic E-state index is 15.3. The first-order valence-electron chi connectivity index (χ1n) is 22.5. The summed E-state index contributed by atoms with van der Waals surface area (Å²) < 4.78 is 56.8. The van der Waals surface area contributed by atoms with Gasteiger partial charge in [-0.3, -0.25) is 4.79 Å². The van der Waals surface area contributed by atoms with Gasteiger partial charge in [-0.05, 0) is 91.6 Å². The molecule has 0 spiro atoms. The number of carbonyl (C=O) groups excluding carboxylic acids is 5. The van der Waals surface area contributed by atoms with Crippen molar-refractivity contribution in [2.24, 2.45) is 0 Å². The van der Waals surface area contributed by atoms with E-state index < -0.39 is 74.5 Å². The first-order chi connectivity index (χ1) is 34.4. The number of hydrogen-bond donors (Lipinski definition) is 0. The zero-order chi connectivity index (χ0) is 49.6. The summed E-state index contributed by atoms with van der Waals surface area (Å²) in [6, 6.07) is 51.3. The van der Waals surface area contributed by atoms with Gasteiger partial charge in [0.2, 0.25) is 0 Å². The van der Waals surface area contributed by atoms with Crippen LogP contribution in [-0.4, -0.2) is 87.7 Å². The second-order valence-corrected chi connectivity index (χ2v) is 21.1. The maximum atomic E-state index is 15.3. The Kier molecular flexibility index (Phi) is 15.3. The van der Waals surface area contributed by atoms with Crippen molar-refractivity contribution in [3.8, 4) is 0 Å². The molecule has 8 atom stereocenters. The molecule has 2 aliphatic rings. The zero-order valence-electron chi connectivity index (χ0n) is 37.7. The predicted octanol–water partition coefficient (Wildman–Crippen LogP) is 12.3. The van der Waals surface area contributed by atoms with E-state index in [1.54, 1.807) is 54.6 Å². The lowest BCUT2D eigenvalue weighted by Crippen LogP contribution is -2.37. The Morgan fingerprint density at radius 2 is 0.761 bits per heavy atom. The van der Waals surface area contributed by atoms with Crippen molar-refractivity contribution in [1.82, 2.24) is 0 Å². The Bertz CT molecular complexity index is 3300. The number of benzene rings is 8. The number of ether oxygens (including phenoxy) is 5. The van der Waals surface area contributed by atoms with Gasteiger partial charge in [0.25, 0.3) is 0 Å². The molecule has 8 aromatic carbocycles. The fourth-order valence-corrected chi connectivity index (χ4v) is 11.9. The number of rotatable bonds is 11. The van der Waals surface area contributed by atoms with E-state index in [0.29, 0.717) is 16.7 Å². The first-order valence-corrected chi connectivity index (χ1v) is 25.3. The molecule has 0 aliphatic carbocycles. The Balaban J connectivity index is 0.000000176. The van der Waals surface area contributed by atoms with Crippen molar-refractivity contribution in [2.45, 2.75) is 51.6 Å². The molecule has 2 saturated heterocycles. The first kappa shape index (κ1) is 49.2. The fraction of sp³-hybridized carbons (Fsp3) is 0.196. The molecular formula is C56H43BrF2O10S2. The molecule has 0 bridgehead atoms. The minimum Gasteiger partial charge on any atom is -0.461 e. The van der Waals surface area contributed by atoms with Crippen LogP contribution in [0.25, 0.3) is 43.1 Å². The normalized spacial score (nSPS) is 21.5. The summed E-state index contributed by atoms with van der Waals surface area (Å²) in [5.41, 5.74) is 0.189. The van der Waals surface area contributed by atoms with Gasteiger partial charge < -0.3 is 23.7 Å². The molecule has 0 aromatic heterocycles. The molecule has 2 heterocycles. The lowest BCUT2D eigenvalue weighted by molar-refractivity contribution is -0.145. The van der Waals surface area contributed by atoms with Gasteiger partial charge in [0.15, 0.2) is 30.0 Å². The van der Waals surface area contributed by atoms with Crippen LogP contribution in [0.2, 0.25) is 0 Å². The van der Waals surface area contributed by atoms with Crippen LogP contribution in [-0.2, 0) is 28.5 Å². The summed E-state index contributed by atoms with van der Waals surface area (Å²) in [6.07, 6.45) is -5.54. The third kappa shape index (κ3) is 11.5. The van der Waals surface area contributed by atoms with Gasteiger partial charge in [0.05, 0.1) is 36.9 Å². The molecule has 10 nitrogen and oxygen atoms in total. The van der Waals surface area contributed by atoms with E-state index in [0.717, 1.165) is 54.9 Å². The fourth-order valence-electron chi connectivity index (χ4n) is 8.30. The molecule has 0 radical (unpaired) electrons. The van der Waals surface area contributed by atoms with Crippen LogP contribution in [0, 0.1) is 0 Å². The summed E-state index contributed by atoms with van der Waals surface area (Å²) in [7, 11) is 0. The SMILES string of the molecule is CC(=O)O[C@@H]1S[C@H](COC(=O)c2ccc3ccccc3c2)[C@@H](OC(=O)c2ccc3ccccc3c2)[C@@H]1F.O=C(OC[C@H]1S[C@H](Br)[C@@H](F)[C@@H]1OC(=O)c1ccc2ccccc2c1)c1ccc2ccccc2c1. The van der Waals surface area contributed by atoms with Gasteiger partial charge in [-0.1, -0.05) is 137 Å². The molecule has 15 heteroatoms. The lowest BCUT2D eigenvalue weighted by Gasteiger charge is -2.20. The van der Waals surface area contributed by atoms with E-state index in [-0.39, 0.29) is 18.8 Å². The van der Waals surface area contributed by atoms with Crippen molar-refractivity contribution < 1.29 is 56.4 Å². The van der Waals surface area contributed by atoms with Crippen LogP contribution in [0.15, 0.2) is 170 Å². The topological polar surface area (TPSA) is 132 Å². The summed E-state index contributed by atoms with van der Waals surface area (Å²) in [4.78, 5) is 62.6. The minimum absolute atomic E-state index is 0.0749. The van der Waals surface area contributed by atoms with E-state index in [2.05, 4.69) is 15.9 Å². The van der Waals surface area contributed by atoms with Gasteiger partial charge in [-0.2, -0.15) is 0 Å². The molecule has 8 aromatic rings. The molecular weight excluding hydrogens is 1010 g/mol. The quantitative estimate of drug-likeness (QED) is 0.0694. The molecule has 0 N–H and O–H groups in total. The summed E-state index contributed by atoms with van der Waals surface area (Å²) in [6.45, 7) is 0.870. The zero-order valence-corrected chi connectivity index (χ0v) is 41.0. The number of hydrogen-bond acceptors (Lipinski definition) is 12. The molecule has 71 heavy (non-hydrogen) atoms. The minimum atomic E-state index is -1.79. The molecule has 0 unspecified atom stereocenters. The predicted molar refractivity (Wildman–Crippen MR) is 276 cm³/mol. The Morgan fingerprint density at radius 1 is 0.437 bits per heavy atom. The van der Waals surface area contributed by atoms with Gasteiger partial charge in [-0.15, -0.1) is 23.5 Å². The smallest absolute Gasteiger partial charge is 0.338 e. The van der Waals surface area contributed by atoms with Crippen molar-refractivity contribution in [1.29, 1.82) is 0 Å². The van der Waals surface area contributed by atoms with Crippen LogP contribution in [0.1, 0.15) is 48.4 Å². The standard InChI is InChI=1S/C29H23FO6S.C27H20BrFO4S/c1-17(31)35-29-25(30)26(36-28(33)23-13-11-19-7-3-5-9-21(19)15-23)24(37-29)16-34-27(32)22-12-10-18-6-2-4-8-20(18)14-22;28-25-23(29)24(33-27(31)21-12-10-17-6-2-4-8-19(17)14-21)22(34-25)15-32-26(30)20-11-9-16-5-1-3-7-18(16)13-20/h2-15,24-26,29H,16H2,1H3;1-14,22-25H,15H2/t24-,25+,26-,29-;22-,23+,24-,25+/m11/s1. The highest BCUT2D eigenvalue weighted by Crippen LogP contribution is 2.42. The number of halogens is 3. The van der Waals surface area contributed by atoms with E-state index in [1.807, 2.05) is 115 Å². The highest BCUT2D eigenvalue weighted by atomic mass is 79.9. The number of fused-ring (bicyclic) bond motifs is 4. The Labute approximate surface area is 423 Å². The summed E-state index contributed by atoms with van der Waals surface area (Å²) in [5, 5.41) is 6.20. The maximum Gasteiger partial charge on any atom is 0.338 e.